The summed E-state index contributed by atoms with van der Waals surface area (Å²) in [6.45, 7) is 1.69. The van der Waals surface area contributed by atoms with Crippen LogP contribution in [0.1, 0.15) is 18.9 Å². The molecule has 0 bridgehead atoms. The summed E-state index contributed by atoms with van der Waals surface area (Å²) in [5.74, 6) is 0.725. The molecule has 6 nitrogen and oxygen atoms in total. The molecule has 15 heavy (non-hydrogen) atoms. The molecular weight excluding hydrogens is 262 g/mol. The zero-order valence-electron chi connectivity index (χ0n) is 8.00. The number of aliphatic hydroxyl groups is 1. The fourth-order valence-corrected chi connectivity index (χ4v) is 1.43. The summed E-state index contributed by atoms with van der Waals surface area (Å²) in [6.07, 6.45) is 2.46. The SMILES string of the molecule is CC(N)C(O)c1nc2ncc(Br)cn2n1. The normalized spacial score (nSPS) is 15.5. The second-order valence-corrected chi connectivity index (χ2v) is 4.21. The maximum absolute atomic E-state index is 9.67. The Bertz CT molecular complexity index is 483. The highest BCUT2D eigenvalue weighted by molar-refractivity contribution is 9.10. The van der Waals surface area contributed by atoms with Crippen LogP contribution in [0, 0.1) is 0 Å². The maximum atomic E-state index is 9.67. The van der Waals surface area contributed by atoms with Gasteiger partial charge in [-0.05, 0) is 22.9 Å². The lowest BCUT2D eigenvalue weighted by atomic mass is 10.2. The lowest BCUT2D eigenvalue weighted by molar-refractivity contribution is 0.144. The first-order valence-electron chi connectivity index (χ1n) is 4.39. The van der Waals surface area contributed by atoms with E-state index in [-0.39, 0.29) is 5.82 Å². The van der Waals surface area contributed by atoms with E-state index in [0.29, 0.717) is 5.78 Å². The van der Waals surface area contributed by atoms with Gasteiger partial charge in [0, 0.05) is 18.4 Å². The highest BCUT2D eigenvalue weighted by Gasteiger charge is 2.18. The molecule has 0 saturated heterocycles. The second kappa shape index (κ2) is 3.84. The number of fused-ring (bicyclic) bond motifs is 1. The van der Waals surface area contributed by atoms with Gasteiger partial charge >= 0.3 is 0 Å². The van der Waals surface area contributed by atoms with E-state index in [2.05, 4.69) is 31.0 Å². The molecule has 80 valence electrons. The smallest absolute Gasteiger partial charge is 0.252 e. The molecule has 2 heterocycles. The number of nitrogens with zero attached hydrogens (tertiary/aromatic N) is 4. The monoisotopic (exact) mass is 271 g/mol. The van der Waals surface area contributed by atoms with E-state index < -0.39 is 12.1 Å². The van der Waals surface area contributed by atoms with Crippen molar-refractivity contribution in [3.63, 3.8) is 0 Å². The third-order valence-corrected chi connectivity index (χ3v) is 2.35. The topological polar surface area (TPSA) is 89.3 Å². The zero-order valence-corrected chi connectivity index (χ0v) is 9.59. The van der Waals surface area contributed by atoms with Crippen LogP contribution in [0.5, 0.6) is 0 Å². The van der Waals surface area contributed by atoms with Crippen LogP contribution in [0.15, 0.2) is 16.9 Å². The van der Waals surface area contributed by atoms with E-state index in [0.717, 1.165) is 4.47 Å². The van der Waals surface area contributed by atoms with Gasteiger partial charge in [-0.15, -0.1) is 5.10 Å². The van der Waals surface area contributed by atoms with Crippen molar-refractivity contribution >= 4 is 21.7 Å². The number of hydrogen-bond donors (Lipinski definition) is 2. The van der Waals surface area contributed by atoms with E-state index >= 15 is 0 Å². The number of aromatic nitrogens is 4. The number of rotatable bonds is 2. The fraction of sp³-hybridized carbons (Fsp3) is 0.375. The molecule has 0 aliphatic carbocycles. The van der Waals surface area contributed by atoms with Crippen molar-refractivity contribution in [2.24, 2.45) is 5.73 Å². The Kier molecular flexibility index (Phi) is 2.68. The Balaban J connectivity index is 2.47. The van der Waals surface area contributed by atoms with Gasteiger partial charge in [-0.2, -0.15) is 4.98 Å². The first kappa shape index (κ1) is 10.5. The molecule has 7 heteroatoms. The average molecular weight is 272 g/mol. The van der Waals surface area contributed by atoms with Gasteiger partial charge in [0.2, 0.25) is 0 Å². The van der Waals surface area contributed by atoms with Crippen LogP contribution in [-0.2, 0) is 0 Å². The highest BCUT2D eigenvalue weighted by Crippen LogP contribution is 2.13. The summed E-state index contributed by atoms with van der Waals surface area (Å²) in [5.41, 5.74) is 5.55. The van der Waals surface area contributed by atoms with Crippen molar-refractivity contribution < 1.29 is 5.11 Å². The standard InChI is InChI=1S/C8H10BrN5O/c1-4(10)6(15)7-12-8-11-2-5(9)3-14(8)13-7/h2-4,6,15H,10H2,1H3. The zero-order chi connectivity index (χ0) is 11.0. The molecule has 0 aromatic carbocycles. The van der Waals surface area contributed by atoms with Crippen LogP contribution in [0.25, 0.3) is 5.78 Å². The predicted molar refractivity (Wildman–Crippen MR) is 57.1 cm³/mol. The Morgan fingerprint density at radius 2 is 2.33 bits per heavy atom. The summed E-state index contributed by atoms with van der Waals surface area (Å²) < 4.78 is 2.28. The quantitative estimate of drug-likeness (QED) is 0.819. The molecule has 0 spiro atoms. The lowest BCUT2D eigenvalue weighted by Gasteiger charge is -2.08. The maximum Gasteiger partial charge on any atom is 0.252 e. The highest BCUT2D eigenvalue weighted by atomic mass is 79.9. The molecule has 0 saturated carbocycles. The van der Waals surface area contributed by atoms with E-state index in [9.17, 15) is 5.11 Å². The van der Waals surface area contributed by atoms with Crippen molar-refractivity contribution in [1.82, 2.24) is 19.6 Å². The molecule has 0 aliphatic rings. The molecule has 0 amide bonds. The third-order valence-electron chi connectivity index (χ3n) is 1.94. The molecule has 3 N–H and O–H groups in total. The minimum Gasteiger partial charge on any atom is -0.383 e. The lowest BCUT2D eigenvalue weighted by Crippen LogP contribution is -2.25. The van der Waals surface area contributed by atoms with Crippen molar-refractivity contribution in [2.45, 2.75) is 19.1 Å². The van der Waals surface area contributed by atoms with Crippen LogP contribution < -0.4 is 5.73 Å². The summed E-state index contributed by atoms with van der Waals surface area (Å²) in [5, 5.41) is 13.7. The van der Waals surface area contributed by atoms with Crippen LogP contribution in [0.3, 0.4) is 0 Å². The fourth-order valence-electron chi connectivity index (χ4n) is 1.14. The summed E-state index contributed by atoms with van der Waals surface area (Å²) >= 11 is 3.27. The van der Waals surface area contributed by atoms with Crippen molar-refractivity contribution in [3.05, 3.63) is 22.7 Å². The summed E-state index contributed by atoms with van der Waals surface area (Å²) in [7, 11) is 0. The number of halogens is 1. The number of hydrogen-bond acceptors (Lipinski definition) is 5. The van der Waals surface area contributed by atoms with Gasteiger partial charge in [-0.3, -0.25) is 0 Å². The van der Waals surface area contributed by atoms with Crippen LogP contribution in [0.2, 0.25) is 0 Å². The molecule has 0 fully saturated rings. The van der Waals surface area contributed by atoms with Gasteiger partial charge in [-0.25, -0.2) is 9.50 Å². The summed E-state index contributed by atoms with van der Waals surface area (Å²) in [4.78, 5) is 8.10. The molecule has 0 aliphatic heterocycles. The van der Waals surface area contributed by atoms with Crippen molar-refractivity contribution in [3.8, 4) is 0 Å². The Hall–Kier alpha value is -1.05. The molecule has 2 atom stereocenters. The molecular formula is C8H10BrN5O. The molecule has 0 radical (unpaired) electrons. The minimum atomic E-state index is -0.870. The van der Waals surface area contributed by atoms with E-state index in [1.807, 2.05) is 0 Å². The van der Waals surface area contributed by atoms with E-state index in [4.69, 9.17) is 5.73 Å². The van der Waals surface area contributed by atoms with Gasteiger partial charge in [0.1, 0.15) is 6.10 Å². The Morgan fingerprint density at radius 3 is 3.00 bits per heavy atom. The first-order valence-corrected chi connectivity index (χ1v) is 5.18. The van der Waals surface area contributed by atoms with Gasteiger partial charge in [0.05, 0.1) is 4.47 Å². The van der Waals surface area contributed by atoms with Crippen LogP contribution in [0.4, 0.5) is 0 Å². The van der Waals surface area contributed by atoms with E-state index in [1.165, 1.54) is 4.52 Å². The van der Waals surface area contributed by atoms with Crippen molar-refractivity contribution in [1.29, 1.82) is 0 Å². The van der Waals surface area contributed by atoms with Gasteiger partial charge in [-0.1, -0.05) is 0 Å². The molecule has 2 aromatic heterocycles. The van der Waals surface area contributed by atoms with Crippen LogP contribution in [-0.4, -0.2) is 30.7 Å². The number of nitrogens with two attached hydrogens (primary N) is 1. The van der Waals surface area contributed by atoms with Gasteiger partial charge in [0.25, 0.3) is 5.78 Å². The number of aliphatic hydroxyl groups excluding tert-OH is 1. The van der Waals surface area contributed by atoms with Crippen LogP contribution >= 0.6 is 15.9 Å². The first-order chi connectivity index (χ1) is 7.08. The van der Waals surface area contributed by atoms with Gasteiger partial charge in [0.15, 0.2) is 5.82 Å². The molecule has 2 rings (SSSR count). The third kappa shape index (κ3) is 1.99. The Morgan fingerprint density at radius 1 is 1.60 bits per heavy atom. The van der Waals surface area contributed by atoms with Gasteiger partial charge < -0.3 is 10.8 Å². The summed E-state index contributed by atoms with van der Waals surface area (Å²) in [6, 6.07) is -0.411. The second-order valence-electron chi connectivity index (χ2n) is 3.29. The molecule has 2 unspecified atom stereocenters. The molecule has 2 aromatic rings. The van der Waals surface area contributed by atoms with E-state index in [1.54, 1.807) is 19.3 Å². The minimum absolute atomic E-state index is 0.288. The Labute approximate surface area is 94.3 Å². The largest absolute Gasteiger partial charge is 0.383 e. The predicted octanol–water partition coefficient (Wildman–Crippen LogP) is 0.267. The van der Waals surface area contributed by atoms with Crippen molar-refractivity contribution in [2.75, 3.05) is 0 Å². The average Bonchev–Trinajstić information content (AvgIpc) is 2.58.